The van der Waals surface area contributed by atoms with E-state index in [2.05, 4.69) is 84.0 Å². The molecule has 36 heavy (non-hydrogen) atoms. The number of hydrogen-bond donors (Lipinski definition) is 1. The summed E-state index contributed by atoms with van der Waals surface area (Å²) >= 11 is 1.87. The summed E-state index contributed by atoms with van der Waals surface area (Å²) in [5.74, 6) is 2.51. The fourth-order valence-electron chi connectivity index (χ4n) is 7.31. The van der Waals surface area contributed by atoms with Crippen molar-refractivity contribution in [2.45, 2.75) is 95.3 Å². The lowest BCUT2D eigenvalue weighted by Crippen LogP contribution is -2.34. The molecule has 1 saturated carbocycles. The minimum absolute atomic E-state index is 0.000775. The van der Waals surface area contributed by atoms with Gasteiger partial charge >= 0.3 is 0 Å². The van der Waals surface area contributed by atoms with Gasteiger partial charge in [0.2, 0.25) is 0 Å². The first-order valence-electron chi connectivity index (χ1n) is 13.8. The summed E-state index contributed by atoms with van der Waals surface area (Å²) in [7, 11) is 0. The Morgan fingerprint density at radius 3 is 2.19 bits per heavy atom. The Hall–Kier alpha value is -2.13. The van der Waals surface area contributed by atoms with Gasteiger partial charge in [0.25, 0.3) is 0 Å². The molecule has 0 unspecified atom stereocenters. The average molecular weight is 501 g/mol. The number of aromatic hydroxyl groups is 1. The number of thioether (sulfide) groups is 1. The highest BCUT2D eigenvalue weighted by Crippen LogP contribution is 2.62. The van der Waals surface area contributed by atoms with Crippen LogP contribution in [0.25, 0.3) is 21.9 Å². The summed E-state index contributed by atoms with van der Waals surface area (Å²) in [4.78, 5) is 0.939. The Kier molecular flexibility index (Phi) is 5.51. The molecule has 0 aromatic heterocycles. The maximum Gasteiger partial charge on any atom is 0.159 e. The SMILES string of the molecule is CC(C)CC1(CC(C)C)Oc2cc3c4c(cc(O)c3cc2S1)C1(CCC(C)(C)CC1)c1ccccc1-4. The van der Waals surface area contributed by atoms with E-state index in [0.29, 0.717) is 23.0 Å². The van der Waals surface area contributed by atoms with Crippen LogP contribution in [0.4, 0.5) is 0 Å². The van der Waals surface area contributed by atoms with E-state index in [9.17, 15) is 5.11 Å². The second-order valence-corrected chi connectivity index (χ2v) is 14.7. The molecule has 0 radical (unpaired) electrons. The molecular weight excluding hydrogens is 460 g/mol. The summed E-state index contributed by atoms with van der Waals surface area (Å²) in [6.07, 6.45) is 6.72. The van der Waals surface area contributed by atoms with Gasteiger partial charge in [-0.2, -0.15) is 0 Å². The molecule has 3 aliphatic rings. The number of ether oxygens (including phenoxy) is 1. The van der Waals surface area contributed by atoms with Gasteiger partial charge in [-0.3, -0.25) is 0 Å². The van der Waals surface area contributed by atoms with Crippen molar-refractivity contribution in [1.82, 2.24) is 0 Å². The average Bonchev–Trinajstić information content (AvgIpc) is 3.26. The van der Waals surface area contributed by atoms with Crippen LogP contribution in [0.15, 0.2) is 47.4 Å². The Bertz CT molecular complexity index is 1330. The quantitative estimate of drug-likeness (QED) is 0.386. The van der Waals surface area contributed by atoms with Crippen molar-refractivity contribution in [3.63, 3.8) is 0 Å². The number of rotatable bonds is 4. The van der Waals surface area contributed by atoms with Crippen molar-refractivity contribution in [2.75, 3.05) is 0 Å². The zero-order valence-corrected chi connectivity index (χ0v) is 23.5. The molecule has 1 heterocycles. The van der Waals surface area contributed by atoms with Crippen LogP contribution < -0.4 is 4.74 Å². The summed E-state index contributed by atoms with van der Waals surface area (Å²) < 4.78 is 6.86. The predicted octanol–water partition coefficient (Wildman–Crippen LogP) is 9.69. The number of phenols is 1. The van der Waals surface area contributed by atoms with Crippen LogP contribution in [0, 0.1) is 17.3 Å². The Morgan fingerprint density at radius 2 is 1.53 bits per heavy atom. The first-order valence-corrected chi connectivity index (χ1v) is 14.7. The zero-order valence-electron chi connectivity index (χ0n) is 22.7. The molecule has 1 fully saturated rings. The molecule has 2 aliphatic carbocycles. The van der Waals surface area contributed by atoms with E-state index < -0.39 is 0 Å². The molecule has 190 valence electrons. The first kappa shape index (κ1) is 24.2. The summed E-state index contributed by atoms with van der Waals surface area (Å²) in [6, 6.07) is 15.6. The van der Waals surface area contributed by atoms with Gasteiger partial charge in [0.05, 0.1) is 4.90 Å². The van der Waals surface area contributed by atoms with E-state index >= 15 is 0 Å². The lowest BCUT2D eigenvalue weighted by Gasteiger charge is -2.43. The van der Waals surface area contributed by atoms with E-state index in [1.807, 2.05) is 11.8 Å². The van der Waals surface area contributed by atoms with Crippen LogP contribution in [0.1, 0.15) is 91.2 Å². The van der Waals surface area contributed by atoms with Crippen molar-refractivity contribution in [2.24, 2.45) is 17.3 Å². The molecular formula is C33H40O2S. The van der Waals surface area contributed by atoms with Crippen LogP contribution in [0.3, 0.4) is 0 Å². The number of benzene rings is 3. The highest BCUT2D eigenvalue weighted by molar-refractivity contribution is 8.00. The lowest BCUT2D eigenvalue weighted by molar-refractivity contribution is 0.122. The van der Waals surface area contributed by atoms with E-state index in [1.165, 1.54) is 40.0 Å². The molecule has 1 spiro atoms. The van der Waals surface area contributed by atoms with Gasteiger partial charge < -0.3 is 9.84 Å². The molecule has 3 aromatic carbocycles. The largest absolute Gasteiger partial charge is 0.507 e. The molecule has 2 nitrogen and oxygen atoms in total. The molecule has 0 atom stereocenters. The number of fused-ring (bicyclic) bond motifs is 8. The molecule has 0 saturated heterocycles. The highest BCUT2D eigenvalue weighted by Gasteiger charge is 2.48. The standard InChI is InChI=1S/C33H40O2S/c1-20(2)18-33(19-21(3)4)35-28-15-24-23(16-29(28)36-33)27(34)17-26-30(24)22-9-7-8-10-25(22)32(26)13-11-31(5,6)12-14-32/h7-10,15-17,20-21,34H,11-14,18-19H2,1-6H3. The van der Waals surface area contributed by atoms with Gasteiger partial charge in [0.1, 0.15) is 11.5 Å². The van der Waals surface area contributed by atoms with Crippen LogP contribution in [0.5, 0.6) is 11.5 Å². The molecule has 0 amide bonds. The normalized spacial score (nSPS) is 20.6. The second-order valence-electron chi connectivity index (χ2n) is 13.3. The van der Waals surface area contributed by atoms with Crippen LogP contribution in [-0.4, -0.2) is 10.0 Å². The Labute approximate surface area is 220 Å². The van der Waals surface area contributed by atoms with Gasteiger partial charge in [0.15, 0.2) is 4.93 Å². The maximum atomic E-state index is 11.4. The van der Waals surface area contributed by atoms with Gasteiger partial charge in [-0.15, -0.1) is 0 Å². The van der Waals surface area contributed by atoms with E-state index in [4.69, 9.17) is 4.74 Å². The monoisotopic (exact) mass is 500 g/mol. The summed E-state index contributed by atoms with van der Waals surface area (Å²) in [6.45, 7) is 13.9. The van der Waals surface area contributed by atoms with E-state index in [1.54, 1.807) is 0 Å². The van der Waals surface area contributed by atoms with Crippen LogP contribution in [0.2, 0.25) is 0 Å². The molecule has 1 aliphatic heterocycles. The molecule has 0 bridgehead atoms. The van der Waals surface area contributed by atoms with E-state index in [0.717, 1.165) is 42.2 Å². The molecule has 3 heteroatoms. The van der Waals surface area contributed by atoms with Crippen LogP contribution >= 0.6 is 11.8 Å². The molecule has 6 rings (SSSR count). The summed E-state index contributed by atoms with van der Waals surface area (Å²) in [5, 5.41) is 13.5. The Morgan fingerprint density at radius 1 is 0.861 bits per heavy atom. The number of phenolic OH excluding ortho intramolecular Hbond substituents is 1. The number of hydrogen-bond acceptors (Lipinski definition) is 3. The lowest BCUT2D eigenvalue weighted by atomic mass is 9.61. The van der Waals surface area contributed by atoms with Crippen molar-refractivity contribution in [3.05, 3.63) is 53.6 Å². The topological polar surface area (TPSA) is 29.5 Å². The Balaban J connectivity index is 1.54. The van der Waals surface area contributed by atoms with Gasteiger partial charge in [-0.25, -0.2) is 0 Å². The third-order valence-electron chi connectivity index (χ3n) is 8.89. The van der Waals surface area contributed by atoms with Crippen molar-refractivity contribution >= 4 is 22.5 Å². The smallest absolute Gasteiger partial charge is 0.159 e. The van der Waals surface area contributed by atoms with Crippen LogP contribution in [-0.2, 0) is 5.41 Å². The van der Waals surface area contributed by atoms with Crippen molar-refractivity contribution < 1.29 is 9.84 Å². The third kappa shape index (κ3) is 3.68. The minimum Gasteiger partial charge on any atom is -0.507 e. The maximum absolute atomic E-state index is 11.4. The van der Waals surface area contributed by atoms with E-state index in [-0.39, 0.29) is 10.3 Å². The molecule has 3 aromatic rings. The fourth-order valence-corrected chi connectivity index (χ4v) is 9.05. The highest BCUT2D eigenvalue weighted by atomic mass is 32.2. The zero-order chi connectivity index (χ0) is 25.5. The second kappa shape index (κ2) is 8.18. The fraction of sp³-hybridized carbons (Fsp3) is 0.515. The summed E-state index contributed by atoms with van der Waals surface area (Å²) in [5.41, 5.74) is 5.82. The first-order chi connectivity index (χ1) is 17.0. The van der Waals surface area contributed by atoms with Gasteiger partial charge in [-0.1, -0.05) is 77.6 Å². The van der Waals surface area contributed by atoms with Gasteiger partial charge in [0, 0.05) is 10.8 Å². The minimum atomic E-state index is -0.227. The van der Waals surface area contributed by atoms with Crippen molar-refractivity contribution in [1.29, 1.82) is 0 Å². The van der Waals surface area contributed by atoms with Crippen molar-refractivity contribution in [3.8, 4) is 22.6 Å². The molecule has 1 N–H and O–H groups in total. The predicted molar refractivity (Wildman–Crippen MR) is 152 cm³/mol. The van der Waals surface area contributed by atoms with Gasteiger partial charge in [-0.05, 0) is 102 Å². The third-order valence-corrected chi connectivity index (χ3v) is 10.2.